The van der Waals surface area contributed by atoms with Gasteiger partial charge in [-0.2, -0.15) is 0 Å². The fourth-order valence-corrected chi connectivity index (χ4v) is 4.82. The van der Waals surface area contributed by atoms with Crippen LogP contribution in [0.5, 0.6) is 0 Å². The van der Waals surface area contributed by atoms with Gasteiger partial charge in [-0.15, -0.1) is 0 Å². The lowest BCUT2D eigenvalue weighted by Crippen LogP contribution is -2.41. The molecule has 0 saturated heterocycles. The van der Waals surface area contributed by atoms with Crippen molar-refractivity contribution in [2.75, 3.05) is 0 Å². The molecule has 0 aromatic heterocycles. The van der Waals surface area contributed by atoms with E-state index >= 15 is 0 Å². The van der Waals surface area contributed by atoms with Crippen LogP contribution in [0, 0.1) is 0 Å². The van der Waals surface area contributed by atoms with Crippen molar-refractivity contribution >= 4 is 26.7 Å². The van der Waals surface area contributed by atoms with E-state index < -0.39 is 15.6 Å². The first-order chi connectivity index (χ1) is 13.6. The Balaban J connectivity index is 1.70. The van der Waals surface area contributed by atoms with E-state index in [0.29, 0.717) is 5.56 Å². The number of amides is 1. The molecule has 29 heavy (non-hydrogen) atoms. The first-order valence-corrected chi connectivity index (χ1v) is 11.0. The number of rotatable bonds is 6. The summed E-state index contributed by atoms with van der Waals surface area (Å²) in [5.41, 5.74) is 0.873. The fourth-order valence-electron chi connectivity index (χ4n) is 3.16. The molecule has 152 valence electrons. The van der Waals surface area contributed by atoms with Crippen LogP contribution in [0.1, 0.15) is 31.9 Å². The zero-order valence-electron chi connectivity index (χ0n) is 16.9. The molecule has 0 saturated carbocycles. The Hall–Kier alpha value is -2.70. The third-order valence-electron chi connectivity index (χ3n) is 4.36. The van der Waals surface area contributed by atoms with Crippen molar-refractivity contribution in [3.8, 4) is 0 Å². The molecule has 0 aliphatic carbocycles. The predicted octanol–water partition coefficient (Wildman–Crippen LogP) is 3.78. The van der Waals surface area contributed by atoms with Crippen LogP contribution in [0.25, 0.3) is 10.8 Å². The molecule has 0 aliphatic heterocycles. The van der Waals surface area contributed by atoms with E-state index in [0.717, 1.165) is 16.3 Å². The van der Waals surface area contributed by atoms with Gasteiger partial charge in [0.15, 0.2) is 0 Å². The third kappa shape index (κ3) is 5.65. The highest BCUT2D eigenvalue weighted by molar-refractivity contribution is 7.89. The molecule has 0 radical (unpaired) electrons. The lowest BCUT2D eigenvalue weighted by Gasteiger charge is -2.21. The topological polar surface area (TPSA) is 75.3 Å². The van der Waals surface area contributed by atoms with Gasteiger partial charge in [-0.3, -0.25) is 4.79 Å². The Kier molecular flexibility index (Phi) is 6.05. The zero-order chi connectivity index (χ0) is 21.1. The summed E-state index contributed by atoms with van der Waals surface area (Å²) in [5.74, 6) is -0.156. The molecule has 6 heteroatoms. The highest BCUT2D eigenvalue weighted by atomic mass is 32.2. The highest BCUT2D eigenvalue weighted by Crippen LogP contribution is 2.18. The number of carbonyl (C=O) groups excluding carboxylic acids is 1. The minimum atomic E-state index is -3.68. The fraction of sp³-hybridized carbons (Fsp3) is 0.261. The summed E-state index contributed by atoms with van der Waals surface area (Å²) in [4.78, 5) is 12.6. The Morgan fingerprint density at radius 2 is 1.55 bits per heavy atom. The Labute approximate surface area is 172 Å². The molecule has 0 bridgehead atoms. The van der Waals surface area contributed by atoms with Crippen molar-refractivity contribution in [1.82, 2.24) is 10.0 Å². The normalized spacial score (nSPS) is 12.1. The van der Waals surface area contributed by atoms with Crippen LogP contribution in [0.4, 0.5) is 0 Å². The number of hydrogen-bond acceptors (Lipinski definition) is 3. The van der Waals surface area contributed by atoms with Crippen molar-refractivity contribution in [1.29, 1.82) is 0 Å². The highest BCUT2D eigenvalue weighted by Gasteiger charge is 2.24. The molecule has 3 rings (SSSR count). The summed E-state index contributed by atoms with van der Waals surface area (Å²) in [7, 11) is -3.68. The number of carbonyl (C=O) groups is 1. The van der Waals surface area contributed by atoms with Gasteiger partial charge in [0.25, 0.3) is 0 Å². The Morgan fingerprint density at radius 3 is 2.28 bits per heavy atom. The minimum absolute atomic E-state index is 0.146. The zero-order valence-corrected chi connectivity index (χ0v) is 17.7. The standard InChI is InChI=1S/C23H26N2O3S/c1-23(2,3)25-29(27,28)21-11-7-6-10-20(21)16-24-22(26)15-17-12-13-18-8-4-5-9-19(18)14-17/h4-14,25H,15-16H2,1-3H3,(H,24,26). The quantitative estimate of drug-likeness (QED) is 0.649. The number of hydrogen-bond donors (Lipinski definition) is 2. The van der Waals surface area contributed by atoms with E-state index in [1.807, 2.05) is 42.5 Å². The first kappa shape index (κ1) is 21.0. The van der Waals surface area contributed by atoms with E-state index in [1.165, 1.54) is 0 Å². The summed E-state index contributed by atoms with van der Waals surface area (Å²) in [6.07, 6.45) is 0.236. The summed E-state index contributed by atoms with van der Waals surface area (Å²) in [6, 6.07) is 20.6. The van der Waals surface area contributed by atoms with Crippen LogP contribution >= 0.6 is 0 Å². The SMILES string of the molecule is CC(C)(C)NS(=O)(=O)c1ccccc1CNC(=O)Cc1ccc2ccccc2c1. The smallest absolute Gasteiger partial charge is 0.241 e. The molecule has 0 unspecified atom stereocenters. The summed E-state index contributed by atoms with van der Waals surface area (Å²) >= 11 is 0. The van der Waals surface area contributed by atoms with Crippen LogP contribution < -0.4 is 10.0 Å². The molecule has 1 amide bonds. The largest absolute Gasteiger partial charge is 0.352 e. The van der Waals surface area contributed by atoms with Crippen molar-refractivity contribution in [3.63, 3.8) is 0 Å². The maximum absolute atomic E-state index is 12.7. The summed E-state index contributed by atoms with van der Waals surface area (Å²) < 4.78 is 28.1. The number of nitrogens with one attached hydrogen (secondary N) is 2. The molecule has 0 atom stereocenters. The molecule has 3 aromatic carbocycles. The van der Waals surface area contributed by atoms with Gasteiger partial charge in [0.2, 0.25) is 15.9 Å². The van der Waals surface area contributed by atoms with Gasteiger partial charge < -0.3 is 5.32 Å². The molecular formula is C23H26N2O3S. The maximum Gasteiger partial charge on any atom is 0.241 e. The van der Waals surface area contributed by atoms with Gasteiger partial charge >= 0.3 is 0 Å². The number of sulfonamides is 1. The molecule has 5 nitrogen and oxygen atoms in total. The van der Waals surface area contributed by atoms with Crippen LogP contribution in [-0.2, 0) is 27.8 Å². The van der Waals surface area contributed by atoms with Crippen molar-refractivity contribution in [2.24, 2.45) is 0 Å². The summed E-state index contributed by atoms with van der Waals surface area (Å²) in [5, 5.41) is 5.05. The van der Waals surface area contributed by atoms with Gasteiger partial charge in [0, 0.05) is 12.1 Å². The van der Waals surface area contributed by atoms with Gasteiger partial charge in [-0.1, -0.05) is 60.7 Å². The van der Waals surface area contributed by atoms with E-state index in [2.05, 4.69) is 10.0 Å². The van der Waals surface area contributed by atoms with E-state index in [-0.39, 0.29) is 23.8 Å². The maximum atomic E-state index is 12.7. The lowest BCUT2D eigenvalue weighted by molar-refractivity contribution is -0.120. The molecule has 0 spiro atoms. The molecule has 0 heterocycles. The monoisotopic (exact) mass is 410 g/mol. The molecule has 2 N–H and O–H groups in total. The van der Waals surface area contributed by atoms with Crippen molar-refractivity contribution in [2.45, 2.75) is 44.2 Å². The van der Waals surface area contributed by atoms with Gasteiger partial charge in [0.1, 0.15) is 0 Å². The van der Waals surface area contributed by atoms with E-state index in [1.54, 1.807) is 45.0 Å². The minimum Gasteiger partial charge on any atom is -0.352 e. The Morgan fingerprint density at radius 1 is 0.897 bits per heavy atom. The van der Waals surface area contributed by atoms with Gasteiger partial charge in [-0.05, 0) is 48.7 Å². The average molecular weight is 411 g/mol. The molecular weight excluding hydrogens is 384 g/mol. The van der Waals surface area contributed by atoms with Crippen LogP contribution in [-0.4, -0.2) is 19.9 Å². The second-order valence-electron chi connectivity index (χ2n) is 8.10. The summed E-state index contributed by atoms with van der Waals surface area (Å²) in [6.45, 7) is 5.52. The second kappa shape index (κ2) is 8.35. The molecule has 3 aromatic rings. The average Bonchev–Trinajstić information content (AvgIpc) is 2.64. The lowest BCUT2D eigenvalue weighted by atomic mass is 10.0. The Bertz CT molecular complexity index is 1130. The predicted molar refractivity (Wildman–Crippen MR) is 116 cm³/mol. The van der Waals surface area contributed by atoms with Gasteiger partial charge in [0.05, 0.1) is 11.3 Å². The van der Waals surface area contributed by atoms with Crippen LogP contribution in [0.2, 0.25) is 0 Å². The third-order valence-corrected chi connectivity index (χ3v) is 6.22. The second-order valence-corrected chi connectivity index (χ2v) is 9.75. The van der Waals surface area contributed by atoms with Crippen molar-refractivity contribution in [3.05, 3.63) is 77.9 Å². The van der Waals surface area contributed by atoms with Crippen LogP contribution in [0.3, 0.4) is 0 Å². The van der Waals surface area contributed by atoms with Crippen LogP contribution in [0.15, 0.2) is 71.6 Å². The first-order valence-electron chi connectivity index (χ1n) is 9.50. The van der Waals surface area contributed by atoms with E-state index in [4.69, 9.17) is 0 Å². The number of fused-ring (bicyclic) bond motifs is 1. The number of benzene rings is 3. The van der Waals surface area contributed by atoms with Crippen molar-refractivity contribution < 1.29 is 13.2 Å². The van der Waals surface area contributed by atoms with Gasteiger partial charge in [-0.25, -0.2) is 13.1 Å². The molecule has 0 fully saturated rings. The molecule has 0 aliphatic rings. The van der Waals surface area contributed by atoms with E-state index in [9.17, 15) is 13.2 Å².